The van der Waals surface area contributed by atoms with Crippen LogP contribution in [0.1, 0.15) is 0 Å². The van der Waals surface area contributed by atoms with Crippen molar-refractivity contribution in [3.63, 3.8) is 0 Å². The molecule has 0 saturated heterocycles. The minimum Gasteiger partial charge on any atom is -0.491 e. The summed E-state index contributed by atoms with van der Waals surface area (Å²) in [4.78, 5) is 18.4. The number of fused-ring (bicyclic) bond motifs is 1. The van der Waals surface area contributed by atoms with Crippen LogP contribution >= 0.6 is 22.9 Å². The Morgan fingerprint density at radius 3 is 2.74 bits per heavy atom. The van der Waals surface area contributed by atoms with Crippen molar-refractivity contribution in [2.45, 2.75) is 0 Å². The first kappa shape index (κ1) is 17.7. The number of hydrogen-bond donors (Lipinski definition) is 1. The van der Waals surface area contributed by atoms with E-state index in [1.807, 2.05) is 36.4 Å². The molecule has 0 amide bonds. The highest BCUT2D eigenvalue weighted by atomic mass is 35.5. The molecule has 0 unspecified atom stereocenters. The molecule has 1 N–H and O–H groups in total. The summed E-state index contributed by atoms with van der Waals surface area (Å²) in [6.45, 7) is 0.130. The maximum Gasteiger partial charge on any atom is 0.275 e. The molecule has 4 rings (SSSR count). The Kier molecular flexibility index (Phi) is 4.94. The van der Waals surface area contributed by atoms with Crippen LogP contribution in [0.4, 0.5) is 0 Å². The molecule has 0 atom stereocenters. The van der Waals surface area contributed by atoms with Gasteiger partial charge in [0.2, 0.25) is 0 Å². The molecule has 0 aliphatic rings. The fourth-order valence-corrected chi connectivity index (χ4v) is 3.91. The summed E-state index contributed by atoms with van der Waals surface area (Å²) in [5.41, 5.74) is 2.18. The van der Waals surface area contributed by atoms with E-state index in [4.69, 9.17) is 21.4 Å². The van der Waals surface area contributed by atoms with Gasteiger partial charge < -0.3 is 9.84 Å². The molecule has 5 nitrogen and oxygen atoms in total. The number of nitrogens with zero attached hydrogens (tertiary/aromatic N) is 2. The van der Waals surface area contributed by atoms with E-state index in [0.29, 0.717) is 26.7 Å². The van der Waals surface area contributed by atoms with Gasteiger partial charge in [0.05, 0.1) is 17.8 Å². The van der Waals surface area contributed by atoms with Crippen molar-refractivity contribution in [3.8, 4) is 21.9 Å². The normalized spacial score (nSPS) is 11.0. The molecular weight excluding hydrogens is 384 g/mol. The van der Waals surface area contributed by atoms with Gasteiger partial charge in [-0.25, -0.2) is 4.98 Å². The van der Waals surface area contributed by atoms with E-state index >= 15 is 0 Å². The summed E-state index contributed by atoms with van der Waals surface area (Å²) in [6.07, 6.45) is 1.52. The molecule has 0 aliphatic carbocycles. The third kappa shape index (κ3) is 3.60. The molecule has 0 aliphatic heterocycles. The van der Waals surface area contributed by atoms with Gasteiger partial charge in [0.25, 0.3) is 5.56 Å². The third-order valence-corrected chi connectivity index (χ3v) is 5.44. The average Bonchev–Trinajstić information content (AvgIpc) is 3.13. The third-order valence-electron chi connectivity index (χ3n) is 4.02. The second-order valence-electron chi connectivity index (χ2n) is 5.82. The largest absolute Gasteiger partial charge is 0.491 e. The van der Waals surface area contributed by atoms with Gasteiger partial charge >= 0.3 is 0 Å². The Bertz CT molecular complexity index is 1150. The fraction of sp³-hybridized carbons (Fsp3) is 0.100. The highest BCUT2D eigenvalue weighted by Crippen LogP contribution is 2.31. The highest BCUT2D eigenvalue weighted by Gasteiger charge is 2.12. The highest BCUT2D eigenvalue weighted by molar-refractivity contribution is 7.22. The quantitative estimate of drug-likeness (QED) is 0.548. The smallest absolute Gasteiger partial charge is 0.275 e. The molecule has 2 aromatic carbocycles. The van der Waals surface area contributed by atoms with Crippen LogP contribution in [-0.2, 0) is 0 Å². The van der Waals surface area contributed by atoms with E-state index in [1.165, 1.54) is 22.2 Å². The van der Waals surface area contributed by atoms with Crippen molar-refractivity contribution in [2.75, 3.05) is 13.2 Å². The molecule has 136 valence electrons. The van der Waals surface area contributed by atoms with Crippen LogP contribution in [0.3, 0.4) is 0 Å². The Morgan fingerprint density at radius 2 is 1.96 bits per heavy atom. The molecule has 0 spiro atoms. The molecule has 0 bridgehead atoms. The zero-order valence-electron chi connectivity index (χ0n) is 14.1. The number of rotatable bonds is 5. The minimum absolute atomic E-state index is 0.0691. The van der Waals surface area contributed by atoms with Crippen LogP contribution in [0.5, 0.6) is 5.75 Å². The van der Waals surface area contributed by atoms with Crippen LogP contribution in [-0.4, -0.2) is 27.9 Å². The number of aliphatic hydroxyl groups excluding tert-OH is 1. The molecule has 4 aromatic rings. The zero-order chi connectivity index (χ0) is 18.8. The second kappa shape index (κ2) is 7.52. The molecule has 2 heterocycles. The first-order valence-corrected chi connectivity index (χ1v) is 9.46. The SMILES string of the molecule is O=c1c2sc(-c3ccc(Cl)cc3)cc2ncn1-c1cccc(OCCO)c1. The lowest BCUT2D eigenvalue weighted by molar-refractivity contribution is 0.201. The van der Waals surface area contributed by atoms with E-state index in [9.17, 15) is 4.79 Å². The van der Waals surface area contributed by atoms with Gasteiger partial charge in [0.15, 0.2) is 0 Å². The Balaban J connectivity index is 1.76. The first-order valence-electron chi connectivity index (χ1n) is 8.27. The van der Waals surface area contributed by atoms with E-state index < -0.39 is 0 Å². The van der Waals surface area contributed by atoms with Crippen LogP contribution in [0, 0.1) is 0 Å². The topological polar surface area (TPSA) is 64.4 Å². The van der Waals surface area contributed by atoms with Gasteiger partial charge in [-0.15, -0.1) is 11.3 Å². The number of halogens is 1. The van der Waals surface area contributed by atoms with Gasteiger partial charge in [-0.1, -0.05) is 29.8 Å². The first-order chi connectivity index (χ1) is 13.2. The predicted molar refractivity (Wildman–Crippen MR) is 108 cm³/mol. The van der Waals surface area contributed by atoms with Crippen molar-refractivity contribution in [1.29, 1.82) is 0 Å². The molecule has 0 fully saturated rings. The second-order valence-corrected chi connectivity index (χ2v) is 7.31. The molecule has 0 saturated carbocycles. The van der Waals surface area contributed by atoms with Crippen molar-refractivity contribution in [2.24, 2.45) is 0 Å². The zero-order valence-corrected chi connectivity index (χ0v) is 15.7. The number of aromatic nitrogens is 2. The van der Waals surface area contributed by atoms with Crippen molar-refractivity contribution >= 4 is 33.2 Å². The summed E-state index contributed by atoms with van der Waals surface area (Å²) in [5.74, 6) is 0.585. The van der Waals surface area contributed by atoms with E-state index in [0.717, 1.165) is 10.4 Å². The summed E-state index contributed by atoms with van der Waals surface area (Å²) in [6, 6.07) is 16.5. The summed E-state index contributed by atoms with van der Waals surface area (Å²) >= 11 is 7.36. The summed E-state index contributed by atoms with van der Waals surface area (Å²) in [7, 11) is 0. The van der Waals surface area contributed by atoms with Crippen molar-refractivity contribution in [1.82, 2.24) is 9.55 Å². The van der Waals surface area contributed by atoms with Crippen molar-refractivity contribution in [3.05, 3.63) is 76.3 Å². The standard InChI is InChI=1S/C20H15ClN2O3S/c21-14-6-4-13(5-7-14)18-11-17-19(27-18)20(25)23(12-22-17)15-2-1-3-16(10-15)26-9-8-24/h1-7,10-12,24H,8-9H2. The van der Waals surface area contributed by atoms with Crippen LogP contribution in [0.2, 0.25) is 5.02 Å². The van der Waals surface area contributed by atoms with Gasteiger partial charge in [0, 0.05) is 16.0 Å². The van der Waals surface area contributed by atoms with E-state index in [1.54, 1.807) is 18.2 Å². The fourth-order valence-electron chi connectivity index (χ4n) is 2.74. The Labute approximate surface area is 164 Å². The van der Waals surface area contributed by atoms with Gasteiger partial charge in [-0.2, -0.15) is 0 Å². The number of hydrogen-bond acceptors (Lipinski definition) is 5. The summed E-state index contributed by atoms with van der Waals surface area (Å²) < 4.78 is 7.51. The van der Waals surface area contributed by atoms with E-state index in [2.05, 4.69) is 4.98 Å². The lowest BCUT2D eigenvalue weighted by Crippen LogP contribution is -2.17. The van der Waals surface area contributed by atoms with Crippen LogP contribution in [0.15, 0.2) is 65.7 Å². The van der Waals surface area contributed by atoms with Gasteiger partial charge in [-0.05, 0) is 35.9 Å². The number of ether oxygens (including phenoxy) is 1. The number of aliphatic hydroxyl groups is 1. The van der Waals surface area contributed by atoms with Gasteiger partial charge in [-0.3, -0.25) is 9.36 Å². The van der Waals surface area contributed by atoms with Crippen LogP contribution in [0.25, 0.3) is 26.3 Å². The molecule has 7 heteroatoms. The maximum absolute atomic E-state index is 13.0. The lowest BCUT2D eigenvalue weighted by atomic mass is 10.2. The predicted octanol–water partition coefficient (Wildman–Crippen LogP) is 4.14. The number of benzene rings is 2. The molecule has 27 heavy (non-hydrogen) atoms. The van der Waals surface area contributed by atoms with Crippen LogP contribution < -0.4 is 10.3 Å². The lowest BCUT2D eigenvalue weighted by Gasteiger charge is -2.08. The maximum atomic E-state index is 13.0. The Hall–Kier alpha value is -2.67. The Morgan fingerprint density at radius 1 is 1.15 bits per heavy atom. The minimum atomic E-state index is -0.135. The molecular formula is C20H15ClN2O3S. The van der Waals surface area contributed by atoms with E-state index in [-0.39, 0.29) is 18.8 Å². The van der Waals surface area contributed by atoms with Gasteiger partial charge in [0.1, 0.15) is 23.4 Å². The monoisotopic (exact) mass is 398 g/mol. The summed E-state index contributed by atoms with van der Waals surface area (Å²) in [5, 5.41) is 9.56. The number of thiophene rings is 1. The molecule has 2 aromatic heterocycles. The molecule has 0 radical (unpaired) electrons. The average molecular weight is 399 g/mol. The van der Waals surface area contributed by atoms with Crippen molar-refractivity contribution < 1.29 is 9.84 Å².